The minimum absolute atomic E-state index is 0.0214. The molecule has 1 aliphatic rings. The molecule has 0 aliphatic carbocycles. The summed E-state index contributed by atoms with van der Waals surface area (Å²) in [4.78, 5) is 200. The smallest absolute Gasteiger partial charge is 0.245 e. The molecule has 576 valence electrons. The molecule has 2 aromatic rings. The van der Waals surface area contributed by atoms with Gasteiger partial charge >= 0.3 is 0 Å². The van der Waals surface area contributed by atoms with Gasteiger partial charge in [-0.25, -0.2) is 0 Å². The van der Waals surface area contributed by atoms with Crippen LogP contribution in [0.5, 0.6) is 0 Å². The van der Waals surface area contributed by atoms with Gasteiger partial charge in [0.25, 0.3) is 0 Å². The van der Waals surface area contributed by atoms with Crippen LogP contribution in [0.2, 0.25) is 0 Å². The maximum atomic E-state index is 14.5. The minimum atomic E-state index is -1.86. The van der Waals surface area contributed by atoms with Gasteiger partial charge in [-0.15, -0.1) is 0 Å². The molecule has 104 heavy (non-hydrogen) atoms. The Balaban J connectivity index is 1.93. The zero-order valence-corrected chi connectivity index (χ0v) is 58.4. The largest absolute Gasteiger partial charge is 0.394 e. The van der Waals surface area contributed by atoms with E-state index in [9.17, 15) is 77.3 Å². The molecule has 1 aliphatic heterocycles. The first-order chi connectivity index (χ1) is 49.5. The van der Waals surface area contributed by atoms with E-state index in [0.29, 0.717) is 24.8 Å². The number of carbonyl (C=O) groups is 14. The average Bonchev–Trinajstić information content (AvgIpc) is 0.866. The summed E-state index contributed by atoms with van der Waals surface area (Å²) in [6.07, 6.45) is -1.41. The van der Waals surface area contributed by atoms with Gasteiger partial charge in [0, 0.05) is 26.1 Å². The second-order valence-corrected chi connectivity index (χ2v) is 24.6. The van der Waals surface area contributed by atoms with E-state index < -0.39 is 182 Å². The zero-order chi connectivity index (χ0) is 77.1. The van der Waals surface area contributed by atoms with Gasteiger partial charge in [-0.05, 0) is 121 Å². The molecule has 1 saturated heterocycles. The summed E-state index contributed by atoms with van der Waals surface area (Å²) in [5.74, 6) is -13.8. The summed E-state index contributed by atoms with van der Waals surface area (Å²) in [6, 6.07) is 2.17. The third-order valence-electron chi connectivity index (χ3n) is 16.0. The van der Waals surface area contributed by atoms with Gasteiger partial charge in [0.05, 0.1) is 44.8 Å². The lowest BCUT2D eigenvalue weighted by Gasteiger charge is -2.28. The van der Waals surface area contributed by atoms with Crippen molar-refractivity contribution in [2.75, 3.05) is 59.0 Å². The van der Waals surface area contributed by atoms with Crippen molar-refractivity contribution >= 4 is 94.6 Å². The Morgan fingerprint density at radius 2 is 1.08 bits per heavy atom. The topological polar surface area (TPSA) is 669 Å². The fourth-order valence-electron chi connectivity index (χ4n) is 10.3. The monoisotopic (exact) mass is 1460 g/mol. The number of aliphatic hydroxyl groups is 2. The molecule has 2 aromatic carbocycles. The second kappa shape index (κ2) is 48.3. The molecule has 31 N–H and O–H groups in total. The normalized spacial score (nSPS) is 18.6. The molecule has 0 spiro atoms. The Hall–Kier alpha value is -10.6. The number of aliphatic hydroxyl groups excluding tert-OH is 2. The van der Waals surface area contributed by atoms with Crippen molar-refractivity contribution in [1.29, 1.82) is 0 Å². The number of rotatable bonds is 39. The molecule has 14 amide bonds. The van der Waals surface area contributed by atoms with Crippen LogP contribution in [0.25, 0.3) is 0 Å². The number of nitrogens with zero attached hydrogens (tertiary/aromatic N) is 2. The summed E-state index contributed by atoms with van der Waals surface area (Å²) in [5, 5.41) is 53.4. The lowest BCUT2D eigenvalue weighted by Crippen LogP contribution is -2.61. The van der Waals surface area contributed by atoms with Crippen molar-refractivity contribution in [3.63, 3.8) is 0 Å². The van der Waals surface area contributed by atoms with E-state index in [1.807, 2.05) is 0 Å². The number of benzene rings is 2. The Labute approximate surface area is 601 Å². The van der Waals surface area contributed by atoms with E-state index in [0.717, 1.165) is 12.5 Å². The predicted octanol–water partition coefficient (Wildman–Crippen LogP) is -9.58. The number of hydrogen-bond acceptors (Lipinski definition) is 21. The number of nitrogens with one attached hydrogen (secondary N) is 13. The molecule has 0 bridgehead atoms. The number of carbonyl (C=O) groups excluding carboxylic acids is 14. The van der Waals surface area contributed by atoms with E-state index in [1.54, 1.807) is 60.7 Å². The van der Waals surface area contributed by atoms with Crippen molar-refractivity contribution in [1.82, 2.24) is 69.1 Å². The van der Waals surface area contributed by atoms with Gasteiger partial charge < -0.3 is 125 Å². The summed E-state index contributed by atoms with van der Waals surface area (Å²) < 4.78 is 0. The predicted molar refractivity (Wildman–Crippen MR) is 380 cm³/mol. The van der Waals surface area contributed by atoms with Crippen LogP contribution >= 0.6 is 0 Å². The molecule has 0 aromatic heterocycles. The molecule has 1 heterocycles. The molecular formula is C65H105N23O16. The molecule has 39 heteroatoms. The Morgan fingerprint density at radius 1 is 0.548 bits per heavy atom. The summed E-state index contributed by atoms with van der Waals surface area (Å²) >= 11 is 0. The number of guanidine groups is 2. The highest BCUT2D eigenvalue weighted by Gasteiger charge is 2.36. The van der Waals surface area contributed by atoms with Gasteiger partial charge in [-0.2, -0.15) is 0 Å². The van der Waals surface area contributed by atoms with Gasteiger partial charge in [-0.1, -0.05) is 60.7 Å². The standard InChI is InChI=1S/C65H105N23O16/c1-37(90)53(88-61(102)46(31-39-18-6-3-7-19-39)81-51(93)34-77-50(92)33-78-55(96)40(68)30-38-16-4-2-5-17-38)63(104)79-35-52(94)80-42-22-10-13-27-74-49(91)32-47(60(101)85-44(23-14-28-75-64(70)71)57(98)82-41(54(69)95)20-8-11-25-66)86-62(103)48(36-89)87-59(100)43(21-9-12-26-67)83-58(99)45(84-56(42)97)24-15-29-76-65(72)73/h2-7,16-19,37,40-48,53,89-90H,8-15,20-36,66-68H2,1H3,(H2,69,95)(H,74,91)(H,77,92)(H,78,96)(H,79,104)(H,80,94)(H,81,93)(H,82,98)(H,83,99)(H,84,97)(H,85,101)(H,86,103)(H,87,100)(H,88,102)(H4,70,71,75)(H4,72,73,76)/t37-,40+,41+,42+,43+,44+,45+,46+,47+,48+,53+/m1/s1. The number of hydrogen-bond donors (Lipinski definition) is 23. The lowest BCUT2D eigenvalue weighted by molar-refractivity contribution is -0.137. The van der Waals surface area contributed by atoms with Crippen LogP contribution in [0, 0.1) is 0 Å². The molecular weight excluding hydrogens is 1360 g/mol. The number of unbranched alkanes of at least 4 members (excludes halogenated alkanes) is 2. The van der Waals surface area contributed by atoms with E-state index in [2.05, 4.69) is 79.1 Å². The summed E-state index contributed by atoms with van der Waals surface area (Å²) in [5.41, 5.74) is 46.4. The van der Waals surface area contributed by atoms with Crippen molar-refractivity contribution in [3.05, 3.63) is 71.8 Å². The molecule has 0 unspecified atom stereocenters. The van der Waals surface area contributed by atoms with Crippen LogP contribution in [-0.2, 0) is 80.0 Å². The van der Waals surface area contributed by atoms with E-state index in [4.69, 9.17) is 45.9 Å². The molecule has 39 nitrogen and oxygen atoms in total. The van der Waals surface area contributed by atoms with Crippen molar-refractivity contribution in [3.8, 4) is 0 Å². The second-order valence-electron chi connectivity index (χ2n) is 24.6. The zero-order valence-electron chi connectivity index (χ0n) is 58.4. The maximum absolute atomic E-state index is 14.5. The first kappa shape index (κ1) is 87.6. The average molecular weight is 1460 g/mol. The molecule has 0 radical (unpaired) electrons. The maximum Gasteiger partial charge on any atom is 0.245 e. The SMILES string of the molecule is C[C@@H](O)[C@H](NC(=O)[C@H](Cc1ccccc1)NC(=O)CNC(=O)CNC(=O)[C@@H](N)Cc1ccccc1)C(=O)NCC(=O)N[C@H]1CCCCNC(=O)C[C@@H](C(=O)N[C@@H](CCCN=C(N)N)C(=O)N[C@@H](CCCCN)C(N)=O)NC(=O)[C@H](CO)NC(=O)[C@H](CCCCN)NC(=O)[C@H](CCCN=C(N)N)NC1=O. The molecule has 3 rings (SSSR count). The minimum Gasteiger partial charge on any atom is -0.394 e. The molecule has 0 saturated carbocycles. The van der Waals surface area contributed by atoms with Gasteiger partial charge in [0.2, 0.25) is 82.7 Å². The number of nitrogens with two attached hydrogens (primary N) is 8. The van der Waals surface area contributed by atoms with Crippen LogP contribution in [0.1, 0.15) is 108 Å². The highest BCUT2D eigenvalue weighted by atomic mass is 16.3. The highest BCUT2D eigenvalue weighted by molar-refractivity contribution is 6.00. The van der Waals surface area contributed by atoms with Crippen LogP contribution in [0.15, 0.2) is 70.6 Å². The first-order valence-corrected chi connectivity index (χ1v) is 34.3. The number of primary amides is 1. The van der Waals surface area contributed by atoms with E-state index in [-0.39, 0.29) is 122 Å². The Kier molecular flexibility index (Phi) is 40.7. The lowest BCUT2D eigenvalue weighted by atomic mass is 10.0. The van der Waals surface area contributed by atoms with Crippen LogP contribution in [-0.4, -0.2) is 230 Å². The first-order valence-electron chi connectivity index (χ1n) is 34.3. The Morgan fingerprint density at radius 3 is 1.67 bits per heavy atom. The van der Waals surface area contributed by atoms with Crippen molar-refractivity contribution in [2.24, 2.45) is 55.9 Å². The van der Waals surface area contributed by atoms with E-state index >= 15 is 0 Å². The number of aliphatic imine (C=N–C) groups is 2. The van der Waals surface area contributed by atoms with Crippen molar-refractivity contribution < 1.29 is 77.3 Å². The van der Waals surface area contributed by atoms with Crippen LogP contribution < -0.4 is 115 Å². The third kappa shape index (κ3) is 34.8. The van der Waals surface area contributed by atoms with E-state index in [1.165, 1.54) is 0 Å². The summed E-state index contributed by atoms with van der Waals surface area (Å²) in [7, 11) is 0. The van der Waals surface area contributed by atoms with Gasteiger partial charge in [-0.3, -0.25) is 77.1 Å². The fraction of sp³-hybridized carbons (Fsp3) is 0.569. The van der Waals surface area contributed by atoms with Crippen LogP contribution in [0.3, 0.4) is 0 Å². The molecule has 1 fully saturated rings. The van der Waals surface area contributed by atoms with Gasteiger partial charge in [0.15, 0.2) is 11.9 Å². The fourth-order valence-corrected chi connectivity index (χ4v) is 10.3. The molecule has 11 atom stereocenters. The third-order valence-corrected chi connectivity index (χ3v) is 16.0. The summed E-state index contributed by atoms with van der Waals surface area (Å²) in [6.45, 7) is -1.84. The van der Waals surface area contributed by atoms with Crippen LogP contribution in [0.4, 0.5) is 0 Å². The highest BCUT2D eigenvalue weighted by Crippen LogP contribution is 2.12. The van der Waals surface area contributed by atoms with Crippen molar-refractivity contribution in [2.45, 2.75) is 176 Å². The quantitative estimate of drug-likeness (QED) is 0.0168. The number of amides is 14. The van der Waals surface area contributed by atoms with Gasteiger partial charge in [0.1, 0.15) is 54.4 Å². The Bertz CT molecular complexity index is 3210.